The normalized spacial score (nSPS) is 19.2. The Labute approximate surface area is 198 Å². The fourth-order valence-corrected chi connectivity index (χ4v) is 4.55. The Morgan fingerprint density at radius 1 is 1.17 bits per heavy atom. The molecule has 0 radical (unpaired) electrons. The first-order valence-corrected chi connectivity index (χ1v) is 11.3. The molecule has 1 aromatic rings. The maximum atomic E-state index is 14.0. The van der Waals surface area contributed by atoms with Crippen LogP contribution in [-0.4, -0.2) is 61.6 Å². The molecule has 1 saturated carbocycles. The van der Waals surface area contributed by atoms with Gasteiger partial charge in [-0.25, -0.2) is 9.38 Å². The third kappa shape index (κ3) is 7.64. The summed E-state index contributed by atoms with van der Waals surface area (Å²) in [6.45, 7) is 6.45. The highest BCUT2D eigenvalue weighted by Crippen LogP contribution is 2.26. The van der Waals surface area contributed by atoms with Crippen LogP contribution in [0.5, 0.6) is 0 Å². The molecule has 2 fully saturated rings. The summed E-state index contributed by atoms with van der Waals surface area (Å²) in [6.07, 6.45) is 7.92. The fraction of sp³-hybridized carbons (Fsp3) is 0.696. The summed E-state index contributed by atoms with van der Waals surface area (Å²) in [5.74, 6) is 0.718. The SMILES string of the molecule is CCNC(=NCc1ccc(F)c(CN(C)C)c1)NC1CCN(C2CCCC2)CC1.I. The van der Waals surface area contributed by atoms with Crippen LogP contribution >= 0.6 is 24.0 Å². The first-order valence-electron chi connectivity index (χ1n) is 11.3. The van der Waals surface area contributed by atoms with Crippen molar-refractivity contribution in [2.75, 3.05) is 33.7 Å². The van der Waals surface area contributed by atoms with E-state index in [2.05, 4.69) is 22.5 Å². The molecule has 1 aliphatic carbocycles. The van der Waals surface area contributed by atoms with E-state index in [4.69, 9.17) is 4.99 Å². The smallest absolute Gasteiger partial charge is 0.191 e. The van der Waals surface area contributed by atoms with Crippen molar-refractivity contribution in [1.29, 1.82) is 0 Å². The van der Waals surface area contributed by atoms with Gasteiger partial charge in [-0.1, -0.05) is 18.9 Å². The Morgan fingerprint density at radius 2 is 1.87 bits per heavy atom. The van der Waals surface area contributed by atoms with Crippen LogP contribution in [0.2, 0.25) is 0 Å². The molecule has 1 heterocycles. The second-order valence-electron chi connectivity index (χ2n) is 8.75. The molecule has 0 spiro atoms. The van der Waals surface area contributed by atoms with Crippen molar-refractivity contribution in [3.63, 3.8) is 0 Å². The summed E-state index contributed by atoms with van der Waals surface area (Å²) >= 11 is 0. The zero-order valence-corrected chi connectivity index (χ0v) is 21.1. The lowest BCUT2D eigenvalue weighted by atomic mass is 10.0. The predicted octanol–water partition coefficient (Wildman–Crippen LogP) is 3.97. The van der Waals surface area contributed by atoms with Gasteiger partial charge in [-0.15, -0.1) is 24.0 Å². The zero-order chi connectivity index (χ0) is 20.6. The first kappa shape index (κ1) is 25.3. The molecule has 2 N–H and O–H groups in total. The van der Waals surface area contributed by atoms with Crippen LogP contribution in [0, 0.1) is 5.82 Å². The standard InChI is InChI=1S/C23H38FN5.HI/c1-4-25-23(26-16-18-9-10-22(24)19(15-18)17-28(2)3)27-20-11-13-29(14-12-20)21-7-5-6-8-21;/h9-10,15,20-21H,4-8,11-14,16-17H2,1-3H3,(H2,25,26,27);1H. The fourth-order valence-electron chi connectivity index (χ4n) is 4.55. The Balaban J connectivity index is 0.00000320. The average Bonchev–Trinajstić information content (AvgIpc) is 3.23. The molecule has 30 heavy (non-hydrogen) atoms. The lowest BCUT2D eigenvalue weighted by molar-refractivity contribution is 0.150. The largest absolute Gasteiger partial charge is 0.357 e. The molecule has 7 heteroatoms. The van der Waals surface area contributed by atoms with Crippen molar-refractivity contribution < 1.29 is 4.39 Å². The Hall–Kier alpha value is -0.930. The second-order valence-corrected chi connectivity index (χ2v) is 8.75. The minimum atomic E-state index is -0.148. The third-order valence-electron chi connectivity index (χ3n) is 6.07. The number of halogens is 2. The Kier molecular flexibility index (Phi) is 10.8. The number of hydrogen-bond acceptors (Lipinski definition) is 3. The maximum Gasteiger partial charge on any atom is 0.191 e. The van der Waals surface area contributed by atoms with Crippen LogP contribution in [-0.2, 0) is 13.1 Å². The van der Waals surface area contributed by atoms with E-state index in [-0.39, 0.29) is 29.8 Å². The molecule has 1 saturated heterocycles. The summed E-state index contributed by atoms with van der Waals surface area (Å²) < 4.78 is 14.0. The highest BCUT2D eigenvalue weighted by molar-refractivity contribution is 14.0. The molecule has 0 aromatic heterocycles. The van der Waals surface area contributed by atoms with Crippen LogP contribution in [0.4, 0.5) is 4.39 Å². The molecule has 1 aromatic carbocycles. The van der Waals surface area contributed by atoms with E-state index in [9.17, 15) is 4.39 Å². The molecule has 5 nitrogen and oxygen atoms in total. The number of likely N-dealkylation sites (tertiary alicyclic amines) is 1. The number of guanidine groups is 1. The molecule has 1 aliphatic heterocycles. The lowest BCUT2D eigenvalue weighted by Crippen LogP contribution is -2.50. The van der Waals surface area contributed by atoms with Crippen molar-refractivity contribution >= 4 is 29.9 Å². The molecule has 170 valence electrons. The molecule has 3 rings (SSSR count). The quantitative estimate of drug-likeness (QED) is 0.318. The van der Waals surface area contributed by atoms with Gasteiger partial charge in [0, 0.05) is 43.8 Å². The van der Waals surface area contributed by atoms with Crippen LogP contribution in [0.15, 0.2) is 23.2 Å². The van der Waals surface area contributed by atoms with Crippen LogP contribution < -0.4 is 10.6 Å². The summed E-state index contributed by atoms with van der Waals surface area (Å²) in [5.41, 5.74) is 1.76. The Bertz CT molecular complexity index is 668. The van der Waals surface area contributed by atoms with Gasteiger partial charge >= 0.3 is 0 Å². The number of aliphatic imine (C=N–C) groups is 1. The average molecular weight is 532 g/mol. The lowest BCUT2D eigenvalue weighted by Gasteiger charge is -2.36. The summed E-state index contributed by atoms with van der Waals surface area (Å²) in [4.78, 5) is 9.44. The summed E-state index contributed by atoms with van der Waals surface area (Å²) in [5, 5.41) is 6.99. The van der Waals surface area contributed by atoms with E-state index in [1.54, 1.807) is 6.07 Å². The zero-order valence-electron chi connectivity index (χ0n) is 18.8. The van der Waals surface area contributed by atoms with E-state index in [0.717, 1.165) is 29.7 Å². The van der Waals surface area contributed by atoms with Crippen molar-refractivity contribution in [3.05, 3.63) is 35.1 Å². The van der Waals surface area contributed by atoms with Crippen LogP contribution in [0.1, 0.15) is 56.6 Å². The van der Waals surface area contributed by atoms with E-state index in [0.29, 0.717) is 19.1 Å². The summed E-state index contributed by atoms with van der Waals surface area (Å²) in [6, 6.07) is 6.63. The molecular formula is C23H39FIN5. The molecule has 0 atom stereocenters. The monoisotopic (exact) mass is 531 g/mol. The number of benzene rings is 1. The van der Waals surface area contributed by atoms with Gasteiger partial charge in [-0.2, -0.15) is 0 Å². The first-order chi connectivity index (χ1) is 14.0. The van der Waals surface area contributed by atoms with Gasteiger partial charge in [0.15, 0.2) is 5.96 Å². The molecule has 0 bridgehead atoms. The summed E-state index contributed by atoms with van der Waals surface area (Å²) in [7, 11) is 3.91. The van der Waals surface area contributed by atoms with Gasteiger partial charge in [0.25, 0.3) is 0 Å². The highest BCUT2D eigenvalue weighted by atomic mass is 127. The van der Waals surface area contributed by atoms with Gasteiger partial charge in [-0.05, 0) is 64.4 Å². The van der Waals surface area contributed by atoms with Crippen molar-refractivity contribution in [2.24, 2.45) is 4.99 Å². The van der Waals surface area contributed by atoms with Crippen molar-refractivity contribution in [1.82, 2.24) is 20.4 Å². The van der Waals surface area contributed by atoms with Crippen molar-refractivity contribution in [3.8, 4) is 0 Å². The minimum absolute atomic E-state index is 0. The topological polar surface area (TPSA) is 42.9 Å². The predicted molar refractivity (Wildman–Crippen MR) is 134 cm³/mol. The van der Waals surface area contributed by atoms with Gasteiger partial charge in [0.05, 0.1) is 6.54 Å². The van der Waals surface area contributed by atoms with E-state index in [1.807, 2.05) is 31.1 Å². The maximum absolute atomic E-state index is 14.0. The number of rotatable bonds is 7. The van der Waals surface area contributed by atoms with E-state index < -0.39 is 0 Å². The third-order valence-corrected chi connectivity index (χ3v) is 6.07. The second kappa shape index (κ2) is 12.8. The van der Waals surface area contributed by atoms with Gasteiger partial charge in [0.2, 0.25) is 0 Å². The molecular weight excluding hydrogens is 492 g/mol. The Morgan fingerprint density at radius 3 is 2.50 bits per heavy atom. The number of nitrogens with zero attached hydrogens (tertiary/aromatic N) is 3. The number of hydrogen-bond donors (Lipinski definition) is 2. The molecule has 0 unspecified atom stereocenters. The van der Waals surface area contributed by atoms with Gasteiger partial charge < -0.3 is 20.4 Å². The van der Waals surface area contributed by atoms with Crippen LogP contribution in [0.3, 0.4) is 0 Å². The van der Waals surface area contributed by atoms with Gasteiger partial charge in [0.1, 0.15) is 5.82 Å². The number of piperidine rings is 1. The van der Waals surface area contributed by atoms with Crippen LogP contribution in [0.25, 0.3) is 0 Å². The van der Waals surface area contributed by atoms with Gasteiger partial charge in [-0.3, -0.25) is 0 Å². The highest BCUT2D eigenvalue weighted by Gasteiger charge is 2.27. The van der Waals surface area contributed by atoms with E-state index >= 15 is 0 Å². The number of nitrogens with one attached hydrogen (secondary N) is 2. The minimum Gasteiger partial charge on any atom is -0.357 e. The van der Waals surface area contributed by atoms with E-state index in [1.165, 1.54) is 51.6 Å². The molecule has 0 amide bonds. The molecule has 2 aliphatic rings. The van der Waals surface area contributed by atoms with Crippen molar-refractivity contribution in [2.45, 2.75) is 70.6 Å².